The van der Waals surface area contributed by atoms with E-state index in [1.54, 1.807) is 24.4 Å². The number of carbonyl (C=O) groups excluding carboxylic acids is 1. The van der Waals surface area contributed by atoms with E-state index in [1.807, 2.05) is 31.2 Å². The Morgan fingerprint density at radius 2 is 1.91 bits per heavy atom. The number of aryl methyl sites for hydroxylation is 1. The fraction of sp³-hybridized carbons (Fsp3) is 0.304. The zero-order chi connectivity index (χ0) is 23.4. The van der Waals surface area contributed by atoms with E-state index in [0.29, 0.717) is 37.7 Å². The second-order valence-corrected chi connectivity index (χ2v) is 11.1. The first-order valence-corrected chi connectivity index (χ1v) is 12.8. The molecule has 0 spiro atoms. The third-order valence-electron chi connectivity index (χ3n) is 5.32. The number of sulfonamides is 1. The lowest BCUT2D eigenvalue weighted by atomic mass is 10.1. The molecule has 33 heavy (non-hydrogen) atoms. The molecule has 0 atom stereocenters. The molecule has 3 aromatic rings. The summed E-state index contributed by atoms with van der Waals surface area (Å²) in [5, 5.41) is 2.73. The highest BCUT2D eigenvalue weighted by atomic mass is 32.2. The number of aromatic nitrogens is 1. The number of rotatable bonds is 7. The molecule has 1 aliphatic heterocycles. The third kappa shape index (κ3) is 5.41. The smallest absolute Gasteiger partial charge is 0.263 e. The first kappa shape index (κ1) is 23.4. The first-order valence-electron chi connectivity index (χ1n) is 10.5. The Hall–Kier alpha value is -2.79. The highest BCUT2D eigenvalue weighted by Crippen LogP contribution is 2.25. The molecular weight excluding hydrogens is 462 g/mol. The van der Waals surface area contributed by atoms with Crippen LogP contribution in [0.5, 0.6) is 0 Å². The van der Waals surface area contributed by atoms with E-state index in [1.165, 1.54) is 14.9 Å². The van der Waals surface area contributed by atoms with Crippen molar-refractivity contribution >= 4 is 27.3 Å². The van der Waals surface area contributed by atoms with Crippen molar-refractivity contribution in [3.8, 4) is 0 Å². The fourth-order valence-corrected chi connectivity index (χ4v) is 6.47. The monoisotopic (exact) mass is 487 g/mol. The van der Waals surface area contributed by atoms with Crippen LogP contribution in [0.4, 0.5) is 0 Å². The minimum Gasteiger partial charge on any atom is -0.379 e. The van der Waals surface area contributed by atoms with Crippen molar-refractivity contribution in [2.45, 2.75) is 24.2 Å². The Balaban J connectivity index is 1.43. The summed E-state index contributed by atoms with van der Waals surface area (Å²) in [6, 6.07) is 14.2. The summed E-state index contributed by atoms with van der Waals surface area (Å²) in [6.45, 7) is 3.91. The minimum atomic E-state index is -3.57. The van der Waals surface area contributed by atoms with Gasteiger partial charge in [0, 0.05) is 24.2 Å². The molecule has 174 valence electrons. The van der Waals surface area contributed by atoms with E-state index < -0.39 is 15.9 Å². The van der Waals surface area contributed by atoms with E-state index in [2.05, 4.69) is 5.32 Å². The Bertz CT molecular complexity index is 1310. The molecule has 0 saturated carbocycles. The summed E-state index contributed by atoms with van der Waals surface area (Å²) in [5.41, 5.74) is 1.74. The number of hydrogen-bond acceptors (Lipinski definition) is 6. The zero-order valence-corrected chi connectivity index (χ0v) is 19.8. The lowest BCUT2D eigenvalue weighted by Crippen LogP contribution is -2.40. The van der Waals surface area contributed by atoms with Crippen molar-refractivity contribution in [3.05, 3.63) is 86.6 Å². The van der Waals surface area contributed by atoms with Gasteiger partial charge in [-0.25, -0.2) is 8.42 Å². The van der Waals surface area contributed by atoms with Gasteiger partial charge >= 0.3 is 0 Å². The number of ether oxygens (including phenoxy) is 1. The largest absolute Gasteiger partial charge is 0.379 e. The van der Waals surface area contributed by atoms with Crippen LogP contribution in [0.1, 0.15) is 26.4 Å². The van der Waals surface area contributed by atoms with Gasteiger partial charge in [0.15, 0.2) is 0 Å². The maximum atomic E-state index is 12.8. The Kier molecular flexibility index (Phi) is 7.08. The molecule has 8 nitrogen and oxygen atoms in total. The zero-order valence-electron chi connectivity index (χ0n) is 18.2. The predicted molar refractivity (Wildman–Crippen MR) is 126 cm³/mol. The Labute approximate surface area is 196 Å². The van der Waals surface area contributed by atoms with E-state index in [0.717, 1.165) is 22.5 Å². The molecule has 2 aromatic heterocycles. The van der Waals surface area contributed by atoms with Gasteiger partial charge in [-0.3, -0.25) is 9.59 Å². The van der Waals surface area contributed by atoms with Crippen LogP contribution in [0.15, 0.2) is 63.7 Å². The van der Waals surface area contributed by atoms with Gasteiger partial charge in [0.25, 0.3) is 21.5 Å². The molecule has 3 heterocycles. The number of benzene rings is 1. The average Bonchev–Trinajstić information content (AvgIpc) is 3.30. The van der Waals surface area contributed by atoms with Gasteiger partial charge in [-0.05, 0) is 36.8 Å². The lowest BCUT2D eigenvalue weighted by Gasteiger charge is -2.25. The molecule has 0 radical (unpaired) electrons. The number of carbonyl (C=O) groups is 1. The van der Waals surface area contributed by atoms with Crippen molar-refractivity contribution in [3.63, 3.8) is 0 Å². The molecule has 0 aliphatic carbocycles. The Morgan fingerprint density at radius 1 is 1.12 bits per heavy atom. The maximum Gasteiger partial charge on any atom is 0.263 e. The summed E-state index contributed by atoms with van der Waals surface area (Å²) in [6.07, 6.45) is 1.66. The van der Waals surface area contributed by atoms with Crippen LogP contribution in [0.2, 0.25) is 0 Å². The van der Waals surface area contributed by atoms with Crippen molar-refractivity contribution in [2.24, 2.45) is 0 Å². The predicted octanol–water partition coefficient (Wildman–Crippen LogP) is 2.22. The number of nitrogens with zero attached hydrogens (tertiary/aromatic N) is 2. The molecule has 0 unspecified atom stereocenters. The number of thiophene rings is 1. The van der Waals surface area contributed by atoms with Crippen LogP contribution in [0, 0.1) is 6.92 Å². The lowest BCUT2D eigenvalue weighted by molar-refractivity contribution is 0.0731. The highest BCUT2D eigenvalue weighted by Gasteiger charge is 2.27. The third-order valence-corrected chi connectivity index (χ3v) is 8.78. The molecule has 10 heteroatoms. The van der Waals surface area contributed by atoms with E-state index in [9.17, 15) is 18.0 Å². The first-order chi connectivity index (χ1) is 15.8. The van der Waals surface area contributed by atoms with Gasteiger partial charge in [0.1, 0.15) is 9.77 Å². The summed E-state index contributed by atoms with van der Waals surface area (Å²) in [7, 11) is -3.57. The molecule has 1 fully saturated rings. The van der Waals surface area contributed by atoms with Crippen LogP contribution in [0.25, 0.3) is 0 Å². The number of pyridine rings is 1. The molecule has 1 N–H and O–H groups in total. The number of nitrogens with one attached hydrogen (secondary N) is 1. The van der Waals surface area contributed by atoms with Crippen LogP contribution in [-0.2, 0) is 27.8 Å². The van der Waals surface area contributed by atoms with Crippen molar-refractivity contribution < 1.29 is 17.9 Å². The Morgan fingerprint density at radius 3 is 2.67 bits per heavy atom. The number of morpholine rings is 1. The summed E-state index contributed by atoms with van der Waals surface area (Å²) in [4.78, 5) is 26.2. The highest BCUT2D eigenvalue weighted by molar-refractivity contribution is 7.91. The fourth-order valence-electron chi connectivity index (χ4n) is 3.61. The molecular formula is C23H25N3O5S2. The second-order valence-electron chi connectivity index (χ2n) is 7.76. The quantitative estimate of drug-likeness (QED) is 0.551. The summed E-state index contributed by atoms with van der Waals surface area (Å²) in [5.74, 6) is -0.496. The normalized spacial score (nSPS) is 14.8. The van der Waals surface area contributed by atoms with Gasteiger partial charge in [-0.2, -0.15) is 4.31 Å². The molecule has 4 rings (SSSR count). The van der Waals surface area contributed by atoms with Crippen LogP contribution < -0.4 is 10.9 Å². The van der Waals surface area contributed by atoms with Gasteiger partial charge in [0.2, 0.25) is 0 Å². The summed E-state index contributed by atoms with van der Waals surface area (Å²) < 4.78 is 33.9. The SMILES string of the molecule is Cc1cccc(Cn2cccc(C(=O)NCc3ccc(S(=O)(=O)N4CCOCC4)s3)c2=O)c1. The van der Waals surface area contributed by atoms with Gasteiger partial charge in [-0.1, -0.05) is 29.8 Å². The molecule has 1 aromatic carbocycles. The molecule has 1 amide bonds. The summed E-state index contributed by atoms with van der Waals surface area (Å²) >= 11 is 1.11. The van der Waals surface area contributed by atoms with Crippen molar-refractivity contribution in [1.82, 2.24) is 14.2 Å². The topological polar surface area (TPSA) is 97.7 Å². The minimum absolute atomic E-state index is 0.0443. The van der Waals surface area contributed by atoms with Gasteiger partial charge in [0.05, 0.1) is 26.3 Å². The second kappa shape index (κ2) is 10.0. The van der Waals surface area contributed by atoms with Crippen LogP contribution in [0.3, 0.4) is 0 Å². The average molecular weight is 488 g/mol. The molecule has 1 saturated heterocycles. The van der Waals surface area contributed by atoms with E-state index in [-0.39, 0.29) is 21.9 Å². The van der Waals surface area contributed by atoms with Crippen molar-refractivity contribution in [2.75, 3.05) is 26.3 Å². The van der Waals surface area contributed by atoms with Crippen molar-refractivity contribution in [1.29, 1.82) is 0 Å². The standard InChI is InChI=1S/C23H25N3O5S2/c1-17-4-2-5-18(14-17)16-25-9-3-6-20(23(25)28)22(27)24-15-19-7-8-21(32-19)33(29,30)26-10-12-31-13-11-26/h2-9,14H,10-13,15-16H2,1H3,(H,24,27). The number of hydrogen-bond donors (Lipinski definition) is 1. The number of amides is 1. The molecule has 1 aliphatic rings. The van der Waals surface area contributed by atoms with Crippen LogP contribution in [-0.4, -0.2) is 49.5 Å². The molecule has 0 bridgehead atoms. The van der Waals surface area contributed by atoms with Gasteiger partial charge < -0.3 is 14.6 Å². The maximum absolute atomic E-state index is 12.8. The van der Waals surface area contributed by atoms with Gasteiger partial charge in [-0.15, -0.1) is 11.3 Å². The van der Waals surface area contributed by atoms with E-state index >= 15 is 0 Å². The van der Waals surface area contributed by atoms with E-state index in [4.69, 9.17) is 4.74 Å². The van der Waals surface area contributed by atoms with Crippen LogP contribution >= 0.6 is 11.3 Å².